The lowest BCUT2D eigenvalue weighted by Crippen LogP contribution is -2.13. The summed E-state index contributed by atoms with van der Waals surface area (Å²) in [7, 11) is 0. The number of oxazole rings is 1. The molecule has 3 aromatic rings. The van der Waals surface area contributed by atoms with Crippen LogP contribution in [-0.4, -0.2) is 17.4 Å². The van der Waals surface area contributed by atoms with Crippen molar-refractivity contribution in [3.05, 3.63) is 48.0 Å². The minimum absolute atomic E-state index is 0.0320. The molecule has 6 heteroatoms. The molecule has 1 amide bonds. The number of hydrogen-bond donors (Lipinski definition) is 3. The number of amides is 1. The Kier molecular flexibility index (Phi) is 4.77. The van der Waals surface area contributed by atoms with Crippen molar-refractivity contribution in [2.45, 2.75) is 19.8 Å². The molecular weight excluding hydrogens is 304 g/mol. The molecule has 24 heavy (non-hydrogen) atoms. The van der Waals surface area contributed by atoms with Crippen LogP contribution in [0.2, 0.25) is 0 Å². The Morgan fingerprint density at radius 2 is 1.92 bits per heavy atom. The molecule has 0 aliphatic carbocycles. The first-order chi connectivity index (χ1) is 11.6. The maximum Gasteiger partial charge on any atom is 0.300 e. The molecule has 0 fully saturated rings. The number of carbonyl (C=O) groups is 1. The monoisotopic (exact) mass is 324 g/mol. The van der Waals surface area contributed by atoms with Gasteiger partial charge in [-0.2, -0.15) is 4.98 Å². The topological polar surface area (TPSA) is 93.2 Å². The number of rotatable bonds is 6. The molecule has 0 saturated carbocycles. The van der Waals surface area contributed by atoms with Gasteiger partial charge in [-0.1, -0.05) is 6.07 Å². The minimum atomic E-state index is -0.0320. The van der Waals surface area contributed by atoms with Crippen molar-refractivity contribution in [3.63, 3.8) is 0 Å². The van der Waals surface area contributed by atoms with E-state index < -0.39 is 0 Å². The quantitative estimate of drug-likeness (QED) is 0.644. The number of aryl methyl sites for hydroxylation is 1. The summed E-state index contributed by atoms with van der Waals surface area (Å²) in [4.78, 5) is 16.1. The smallest absolute Gasteiger partial charge is 0.300 e. The van der Waals surface area contributed by atoms with E-state index in [1.807, 2.05) is 49.4 Å². The second-order valence-electron chi connectivity index (χ2n) is 5.63. The number of fused-ring (bicyclic) bond motifs is 1. The average molecular weight is 324 g/mol. The fraction of sp³-hybridized carbons (Fsp3) is 0.222. The van der Waals surface area contributed by atoms with E-state index in [0.29, 0.717) is 25.4 Å². The third kappa shape index (κ3) is 3.91. The summed E-state index contributed by atoms with van der Waals surface area (Å²) >= 11 is 0. The maximum absolute atomic E-state index is 11.7. The van der Waals surface area contributed by atoms with Crippen LogP contribution in [0.1, 0.15) is 18.4 Å². The van der Waals surface area contributed by atoms with Crippen molar-refractivity contribution in [3.8, 4) is 0 Å². The van der Waals surface area contributed by atoms with Crippen LogP contribution in [0.5, 0.6) is 0 Å². The molecule has 0 unspecified atom stereocenters. The summed E-state index contributed by atoms with van der Waals surface area (Å²) in [5.74, 6) is -0.0320. The Bertz CT molecular complexity index is 840. The zero-order valence-electron chi connectivity index (χ0n) is 13.5. The number of nitrogens with one attached hydrogen (secondary N) is 2. The van der Waals surface area contributed by atoms with Gasteiger partial charge >= 0.3 is 0 Å². The van der Waals surface area contributed by atoms with Crippen LogP contribution in [-0.2, 0) is 4.79 Å². The second-order valence-corrected chi connectivity index (χ2v) is 5.63. The normalized spacial score (nSPS) is 10.8. The summed E-state index contributed by atoms with van der Waals surface area (Å²) in [6.07, 6.45) is 1.11. The number of hydrogen-bond acceptors (Lipinski definition) is 5. The molecule has 0 radical (unpaired) electrons. The number of anilines is 3. The molecule has 124 valence electrons. The third-order valence-electron chi connectivity index (χ3n) is 3.57. The highest BCUT2D eigenvalue weighted by Crippen LogP contribution is 2.23. The summed E-state index contributed by atoms with van der Waals surface area (Å²) in [5.41, 5.74) is 9.67. The predicted octanol–water partition coefficient (Wildman–Crippen LogP) is 3.56. The first-order valence-corrected chi connectivity index (χ1v) is 7.88. The van der Waals surface area contributed by atoms with Crippen molar-refractivity contribution in [1.82, 2.24) is 4.98 Å². The molecule has 1 heterocycles. The maximum atomic E-state index is 11.7. The molecule has 6 nitrogen and oxygen atoms in total. The molecule has 0 bridgehead atoms. The van der Waals surface area contributed by atoms with E-state index in [0.717, 1.165) is 28.0 Å². The summed E-state index contributed by atoms with van der Waals surface area (Å²) in [6, 6.07) is 13.7. The van der Waals surface area contributed by atoms with Crippen LogP contribution < -0.4 is 16.4 Å². The van der Waals surface area contributed by atoms with Gasteiger partial charge in [0.05, 0.1) is 0 Å². The summed E-state index contributed by atoms with van der Waals surface area (Å²) < 4.78 is 5.66. The minimum Gasteiger partial charge on any atom is -0.423 e. The van der Waals surface area contributed by atoms with Gasteiger partial charge in [-0.25, -0.2) is 0 Å². The third-order valence-corrected chi connectivity index (χ3v) is 3.57. The first kappa shape index (κ1) is 16.0. The predicted molar refractivity (Wildman–Crippen MR) is 95.4 cm³/mol. The molecule has 0 spiro atoms. The molecule has 1 aromatic heterocycles. The van der Waals surface area contributed by atoms with E-state index in [9.17, 15) is 4.79 Å². The summed E-state index contributed by atoms with van der Waals surface area (Å²) in [5, 5.41) is 5.95. The van der Waals surface area contributed by atoms with Crippen molar-refractivity contribution in [1.29, 1.82) is 0 Å². The molecule has 4 N–H and O–H groups in total. The number of aromatic nitrogens is 1. The SMILES string of the molecule is Cc1ccc2oc(Nc3ccc(NC(=O)CCCN)cc3)nc2c1. The highest BCUT2D eigenvalue weighted by Gasteiger charge is 2.06. The Labute approximate surface area is 140 Å². The molecule has 3 rings (SSSR count). The van der Waals surface area contributed by atoms with Crippen LogP contribution in [0.4, 0.5) is 17.4 Å². The zero-order valence-corrected chi connectivity index (χ0v) is 13.5. The van der Waals surface area contributed by atoms with Gasteiger partial charge in [-0.05, 0) is 61.9 Å². The van der Waals surface area contributed by atoms with E-state index in [2.05, 4.69) is 15.6 Å². The van der Waals surface area contributed by atoms with Crippen molar-refractivity contribution >= 4 is 34.4 Å². The molecular formula is C18H20N4O2. The highest BCUT2D eigenvalue weighted by molar-refractivity contribution is 5.90. The second kappa shape index (κ2) is 7.14. The highest BCUT2D eigenvalue weighted by atomic mass is 16.4. The Hall–Kier alpha value is -2.86. The Morgan fingerprint density at radius 3 is 2.67 bits per heavy atom. The van der Waals surface area contributed by atoms with Crippen molar-refractivity contribution < 1.29 is 9.21 Å². The number of benzene rings is 2. The Balaban J connectivity index is 1.65. The van der Waals surface area contributed by atoms with E-state index in [1.165, 1.54) is 0 Å². The molecule has 0 aliphatic heterocycles. The van der Waals surface area contributed by atoms with E-state index in [4.69, 9.17) is 10.2 Å². The van der Waals surface area contributed by atoms with E-state index >= 15 is 0 Å². The largest absolute Gasteiger partial charge is 0.423 e. The van der Waals surface area contributed by atoms with E-state index in [1.54, 1.807) is 0 Å². The standard InChI is InChI=1S/C18H20N4O2/c1-12-4-9-16-15(11-12)22-18(24-16)21-14-7-5-13(6-8-14)20-17(23)3-2-10-19/h4-9,11H,2-3,10,19H2,1H3,(H,20,23)(H,21,22). The number of carbonyl (C=O) groups excluding carboxylic acids is 1. The molecule has 0 saturated heterocycles. The molecule has 0 atom stereocenters. The van der Waals surface area contributed by atoms with Gasteiger partial charge in [0.15, 0.2) is 5.58 Å². The van der Waals surface area contributed by atoms with Crippen LogP contribution in [0.25, 0.3) is 11.1 Å². The van der Waals surface area contributed by atoms with Crippen LogP contribution >= 0.6 is 0 Å². The van der Waals surface area contributed by atoms with Gasteiger partial charge in [-0.3, -0.25) is 4.79 Å². The van der Waals surface area contributed by atoms with E-state index in [-0.39, 0.29) is 5.91 Å². The van der Waals surface area contributed by atoms with Crippen LogP contribution in [0.15, 0.2) is 46.9 Å². The number of nitrogens with zero attached hydrogens (tertiary/aromatic N) is 1. The van der Waals surface area contributed by atoms with Gasteiger partial charge in [0.25, 0.3) is 6.01 Å². The van der Waals surface area contributed by atoms with Crippen LogP contribution in [0.3, 0.4) is 0 Å². The molecule has 2 aromatic carbocycles. The van der Waals surface area contributed by atoms with Crippen LogP contribution in [0, 0.1) is 6.92 Å². The van der Waals surface area contributed by atoms with Gasteiger partial charge in [0.2, 0.25) is 5.91 Å². The first-order valence-electron chi connectivity index (χ1n) is 7.88. The van der Waals surface area contributed by atoms with Gasteiger partial charge < -0.3 is 20.8 Å². The fourth-order valence-electron chi connectivity index (χ4n) is 2.34. The van der Waals surface area contributed by atoms with Gasteiger partial charge in [-0.15, -0.1) is 0 Å². The zero-order chi connectivity index (χ0) is 16.9. The Morgan fingerprint density at radius 1 is 1.17 bits per heavy atom. The van der Waals surface area contributed by atoms with Crippen molar-refractivity contribution in [2.24, 2.45) is 5.73 Å². The lowest BCUT2D eigenvalue weighted by Gasteiger charge is -2.06. The summed E-state index contributed by atoms with van der Waals surface area (Å²) in [6.45, 7) is 2.53. The fourth-order valence-corrected chi connectivity index (χ4v) is 2.34. The van der Waals surface area contributed by atoms with Gasteiger partial charge in [0.1, 0.15) is 5.52 Å². The lowest BCUT2D eigenvalue weighted by molar-refractivity contribution is -0.116. The average Bonchev–Trinajstić information content (AvgIpc) is 2.96. The van der Waals surface area contributed by atoms with Crippen molar-refractivity contribution in [2.75, 3.05) is 17.2 Å². The lowest BCUT2D eigenvalue weighted by atomic mass is 10.2. The number of nitrogens with two attached hydrogens (primary N) is 1. The molecule has 0 aliphatic rings. The van der Waals surface area contributed by atoms with Gasteiger partial charge in [0, 0.05) is 17.8 Å².